The van der Waals surface area contributed by atoms with Crippen LogP contribution in [0.4, 0.5) is 0 Å². The van der Waals surface area contributed by atoms with Gasteiger partial charge in [0.05, 0.1) is 0 Å². The first-order valence-electron chi connectivity index (χ1n) is 2.91. The highest BCUT2D eigenvalue weighted by atomic mass is 127. The Labute approximate surface area is 77.4 Å². The van der Waals surface area contributed by atoms with Crippen LogP contribution in [-0.4, -0.2) is 5.91 Å². The number of hydrogen-bond donors (Lipinski definition) is 1. The van der Waals surface area contributed by atoms with Gasteiger partial charge in [-0.05, 0) is 40.8 Å². The molecule has 1 rings (SSSR count). The van der Waals surface area contributed by atoms with Gasteiger partial charge in [0.2, 0.25) is 5.91 Å². The lowest BCUT2D eigenvalue weighted by atomic mass is 10.4. The number of halogens is 1. The standard InChI is InChI=1S/C7H6INO2/c8-6-3-1-5(11-6)2-4-7(9)10/h1-4H,(H2,9,10). The maximum absolute atomic E-state index is 10.3. The topological polar surface area (TPSA) is 56.2 Å². The summed E-state index contributed by atoms with van der Waals surface area (Å²) in [7, 11) is 0. The van der Waals surface area contributed by atoms with Gasteiger partial charge in [0.1, 0.15) is 5.76 Å². The molecule has 0 spiro atoms. The molecule has 1 amide bonds. The summed E-state index contributed by atoms with van der Waals surface area (Å²) in [5.74, 6) is 0.157. The lowest BCUT2D eigenvalue weighted by Gasteiger charge is -1.81. The van der Waals surface area contributed by atoms with Crippen molar-refractivity contribution in [2.45, 2.75) is 0 Å². The Morgan fingerprint density at radius 2 is 2.36 bits per heavy atom. The Hall–Kier alpha value is -0.780. The molecule has 2 N–H and O–H groups in total. The monoisotopic (exact) mass is 263 g/mol. The van der Waals surface area contributed by atoms with Crippen molar-refractivity contribution >= 4 is 34.6 Å². The smallest absolute Gasteiger partial charge is 0.241 e. The van der Waals surface area contributed by atoms with Gasteiger partial charge >= 0.3 is 0 Å². The Bertz CT molecular complexity index is 290. The highest BCUT2D eigenvalue weighted by Crippen LogP contribution is 2.10. The van der Waals surface area contributed by atoms with E-state index in [9.17, 15) is 4.79 Å². The minimum Gasteiger partial charge on any atom is -0.451 e. The van der Waals surface area contributed by atoms with E-state index in [-0.39, 0.29) is 0 Å². The van der Waals surface area contributed by atoms with Crippen LogP contribution in [0.1, 0.15) is 5.76 Å². The van der Waals surface area contributed by atoms with E-state index in [2.05, 4.69) is 0 Å². The third-order valence-electron chi connectivity index (χ3n) is 1.01. The maximum Gasteiger partial charge on any atom is 0.241 e. The summed E-state index contributed by atoms with van der Waals surface area (Å²) < 4.78 is 5.91. The van der Waals surface area contributed by atoms with Gasteiger partial charge in [0.15, 0.2) is 3.77 Å². The molecule has 3 nitrogen and oxygen atoms in total. The second kappa shape index (κ2) is 3.56. The van der Waals surface area contributed by atoms with Gasteiger partial charge in [0, 0.05) is 6.08 Å². The van der Waals surface area contributed by atoms with Crippen molar-refractivity contribution in [2.75, 3.05) is 0 Å². The zero-order valence-corrected chi connectivity index (χ0v) is 7.74. The Morgan fingerprint density at radius 3 is 2.82 bits per heavy atom. The molecular weight excluding hydrogens is 257 g/mol. The second-order valence-electron chi connectivity index (χ2n) is 1.88. The van der Waals surface area contributed by atoms with Crippen molar-refractivity contribution in [3.8, 4) is 0 Å². The first-order chi connectivity index (χ1) is 5.18. The molecule has 0 aliphatic rings. The summed E-state index contributed by atoms with van der Waals surface area (Å²) >= 11 is 2.04. The molecule has 0 atom stereocenters. The quantitative estimate of drug-likeness (QED) is 0.647. The van der Waals surface area contributed by atoms with Gasteiger partial charge < -0.3 is 10.2 Å². The van der Waals surface area contributed by atoms with Crippen LogP contribution in [0, 0.1) is 3.77 Å². The van der Waals surface area contributed by atoms with Crippen LogP contribution in [0.15, 0.2) is 22.6 Å². The number of furan rings is 1. The van der Waals surface area contributed by atoms with E-state index < -0.39 is 5.91 Å². The van der Waals surface area contributed by atoms with Crippen molar-refractivity contribution in [3.05, 3.63) is 27.7 Å². The van der Waals surface area contributed by atoms with Crippen LogP contribution in [0.3, 0.4) is 0 Å². The Balaban J connectivity index is 2.71. The lowest BCUT2D eigenvalue weighted by Crippen LogP contribution is -2.04. The summed E-state index contributed by atoms with van der Waals surface area (Å²) in [5.41, 5.74) is 4.88. The number of carbonyl (C=O) groups is 1. The molecule has 0 aromatic carbocycles. The molecule has 11 heavy (non-hydrogen) atoms. The largest absolute Gasteiger partial charge is 0.451 e. The van der Waals surface area contributed by atoms with E-state index in [1.54, 1.807) is 12.1 Å². The van der Waals surface area contributed by atoms with Crippen LogP contribution < -0.4 is 5.73 Å². The highest BCUT2D eigenvalue weighted by Gasteiger charge is 1.93. The van der Waals surface area contributed by atoms with E-state index in [1.165, 1.54) is 12.2 Å². The minimum absolute atomic E-state index is 0.476. The van der Waals surface area contributed by atoms with Crippen LogP contribution in [0.5, 0.6) is 0 Å². The highest BCUT2D eigenvalue weighted by molar-refractivity contribution is 14.1. The molecule has 1 heterocycles. The summed E-state index contributed by atoms with van der Waals surface area (Å²) in [4.78, 5) is 10.3. The number of carbonyl (C=O) groups excluding carboxylic acids is 1. The molecule has 0 fully saturated rings. The van der Waals surface area contributed by atoms with Crippen LogP contribution >= 0.6 is 22.6 Å². The lowest BCUT2D eigenvalue weighted by molar-refractivity contribution is -0.113. The van der Waals surface area contributed by atoms with Gasteiger partial charge in [-0.25, -0.2) is 0 Å². The number of nitrogens with two attached hydrogens (primary N) is 1. The first-order valence-corrected chi connectivity index (χ1v) is 3.99. The maximum atomic E-state index is 10.3. The zero-order chi connectivity index (χ0) is 8.27. The van der Waals surface area contributed by atoms with Gasteiger partial charge in [-0.3, -0.25) is 4.79 Å². The molecule has 4 heteroatoms. The van der Waals surface area contributed by atoms with E-state index in [0.29, 0.717) is 5.76 Å². The molecule has 58 valence electrons. The summed E-state index contributed by atoms with van der Waals surface area (Å²) in [6, 6.07) is 3.57. The average Bonchev–Trinajstić information content (AvgIpc) is 2.31. The van der Waals surface area contributed by atoms with Gasteiger partial charge in [0.25, 0.3) is 0 Å². The molecule has 0 bridgehead atoms. The number of rotatable bonds is 2. The molecule has 0 unspecified atom stereocenters. The Morgan fingerprint density at radius 1 is 1.64 bits per heavy atom. The number of amides is 1. The fourth-order valence-corrected chi connectivity index (χ4v) is 1.02. The van der Waals surface area contributed by atoms with Crippen molar-refractivity contribution in [1.29, 1.82) is 0 Å². The van der Waals surface area contributed by atoms with Gasteiger partial charge in [-0.15, -0.1) is 0 Å². The molecule has 0 aliphatic heterocycles. The van der Waals surface area contributed by atoms with Crippen molar-refractivity contribution in [3.63, 3.8) is 0 Å². The van der Waals surface area contributed by atoms with E-state index in [4.69, 9.17) is 10.2 Å². The minimum atomic E-state index is -0.476. The van der Waals surface area contributed by atoms with Crippen molar-refractivity contribution < 1.29 is 9.21 Å². The predicted octanol–water partition coefficient (Wildman–Crippen LogP) is 1.38. The van der Waals surface area contributed by atoms with Gasteiger partial charge in [-0.1, -0.05) is 0 Å². The van der Waals surface area contributed by atoms with Crippen molar-refractivity contribution in [2.24, 2.45) is 5.73 Å². The Kier molecular flexibility index (Phi) is 2.70. The van der Waals surface area contributed by atoms with Crippen LogP contribution in [0.2, 0.25) is 0 Å². The SMILES string of the molecule is NC(=O)C=Cc1ccc(I)o1. The third-order valence-corrected chi connectivity index (χ3v) is 1.59. The number of hydrogen-bond acceptors (Lipinski definition) is 2. The summed E-state index contributed by atoms with van der Waals surface area (Å²) in [6.45, 7) is 0. The molecule has 0 radical (unpaired) electrons. The normalized spacial score (nSPS) is 10.6. The fourth-order valence-electron chi connectivity index (χ4n) is 0.582. The predicted molar refractivity (Wildman–Crippen MR) is 49.7 cm³/mol. The average molecular weight is 263 g/mol. The van der Waals surface area contributed by atoms with E-state index in [0.717, 1.165) is 3.77 Å². The van der Waals surface area contributed by atoms with E-state index >= 15 is 0 Å². The molecule has 1 aromatic heterocycles. The van der Waals surface area contributed by atoms with Crippen molar-refractivity contribution in [1.82, 2.24) is 0 Å². The summed E-state index contributed by atoms with van der Waals surface area (Å²) in [5, 5.41) is 0. The number of primary amides is 1. The zero-order valence-electron chi connectivity index (χ0n) is 5.58. The first kappa shape index (κ1) is 8.32. The van der Waals surface area contributed by atoms with Crippen LogP contribution in [0.25, 0.3) is 6.08 Å². The molecular formula is C7H6INO2. The van der Waals surface area contributed by atoms with E-state index in [1.807, 2.05) is 22.6 Å². The summed E-state index contributed by atoms with van der Waals surface area (Å²) in [6.07, 6.45) is 2.79. The van der Waals surface area contributed by atoms with Crippen LogP contribution in [-0.2, 0) is 4.79 Å². The molecule has 0 saturated heterocycles. The molecule has 1 aromatic rings. The van der Waals surface area contributed by atoms with Gasteiger partial charge in [-0.2, -0.15) is 0 Å². The fraction of sp³-hybridized carbons (Fsp3) is 0. The second-order valence-corrected chi connectivity index (χ2v) is 2.94. The third kappa shape index (κ3) is 2.75. The molecule has 0 saturated carbocycles. The molecule has 0 aliphatic carbocycles.